The number of aryl methyl sites for hydroxylation is 1. The van der Waals surface area contributed by atoms with Crippen LogP contribution in [0.3, 0.4) is 0 Å². The van der Waals surface area contributed by atoms with Crippen molar-refractivity contribution in [3.05, 3.63) is 47.0 Å². The summed E-state index contributed by atoms with van der Waals surface area (Å²) in [6, 6.07) is 8.95. The summed E-state index contributed by atoms with van der Waals surface area (Å²) in [5.74, 6) is 1.04. The molecule has 0 spiro atoms. The zero-order valence-electron chi connectivity index (χ0n) is 14.5. The molecule has 2 aromatic rings. The highest BCUT2D eigenvalue weighted by molar-refractivity contribution is 5.89. The van der Waals surface area contributed by atoms with Crippen molar-refractivity contribution in [1.82, 2.24) is 9.55 Å². The topological polar surface area (TPSA) is 77.1 Å². The van der Waals surface area contributed by atoms with Gasteiger partial charge >= 0.3 is 5.97 Å². The van der Waals surface area contributed by atoms with Gasteiger partial charge in [-0.2, -0.15) is 5.26 Å². The SMILES string of the molecule is Cc1nc(C(=O)OC(C)COc2cccc(C#N)c2)c2n1CCCC2. The molecule has 1 aliphatic heterocycles. The molecule has 1 aromatic heterocycles. The second-order valence-electron chi connectivity index (χ2n) is 6.23. The molecule has 6 heteroatoms. The lowest BCUT2D eigenvalue weighted by atomic mass is 10.1. The third-order valence-electron chi connectivity index (χ3n) is 4.26. The van der Waals surface area contributed by atoms with E-state index < -0.39 is 12.1 Å². The van der Waals surface area contributed by atoms with Crippen molar-refractivity contribution in [1.29, 1.82) is 5.26 Å². The number of rotatable bonds is 5. The Balaban J connectivity index is 1.60. The minimum absolute atomic E-state index is 0.218. The molecule has 0 aliphatic carbocycles. The molecule has 2 heterocycles. The molecule has 0 saturated heterocycles. The molecule has 3 rings (SSSR count). The molecular formula is C19H21N3O3. The van der Waals surface area contributed by atoms with E-state index in [0.29, 0.717) is 17.0 Å². The molecule has 0 N–H and O–H groups in total. The number of aromatic nitrogens is 2. The summed E-state index contributed by atoms with van der Waals surface area (Å²) >= 11 is 0. The fourth-order valence-electron chi connectivity index (χ4n) is 3.03. The van der Waals surface area contributed by atoms with Crippen molar-refractivity contribution in [2.24, 2.45) is 0 Å². The van der Waals surface area contributed by atoms with Crippen molar-refractivity contribution < 1.29 is 14.3 Å². The van der Waals surface area contributed by atoms with E-state index in [4.69, 9.17) is 14.7 Å². The highest BCUT2D eigenvalue weighted by Crippen LogP contribution is 2.21. The van der Waals surface area contributed by atoms with Crippen LogP contribution in [0, 0.1) is 18.3 Å². The molecule has 1 atom stereocenters. The Labute approximate surface area is 147 Å². The number of esters is 1. The number of hydrogen-bond donors (Lipinski definition) is 0. The van der Waals surface area contributed by atoms with Crippen molar-refractivity contribution in [2.45, 2.75) is 45.8 Å². The number of hydrogen-bond acceptors (Lipinski definition) is 5. The molecule has 0 amide bonds. The first-order chi connectivity index (χ1) is 12.1. The second-order valence-corrected chi connectivity index (χ2v) is 6.23. The van der Waals surface area contributed by atoms with Gasteiger partial charge in [0.15, 0.2) is 5.69 Å². The maximum atomic E-state index is 12.5. The van der Waals surface area contributed by atoms with E-state index in [1.165, 1.54) is 0 Å². The normalized spacial score (nSPS) is 14.3. The van der Waals surface area contributed by atoms with E-state index in [0.717, 1.165) is 37.3 Å². The summed E-state index contributed by atoms with van der Waals surface area (Å²) in [5, 5.41) is 8.90. The summed E-state index contributed by atoms with van der Waals surface area (Å²) in [6.45, 7) is 4.83. The predicted molar refractivity (Wildman–Crippen MR) is 91.4 cm³/mol. The monoisotopic (exact) mass is 339 g/mol. The predicted octanol–water partition coefficient (Wildman–Crippen LogP) is 3.02. The number of nitrogens with zero attached hydrogens (tertiary/aromatic N) is 3. The van der Waals surface area contributed by atoms with E-state index >= 15 is 0 Å². The minimum atomic E-state index is -0.417. The lowest BCUT2D eigenvalue weighted by Gasteiger charge is -2.17. The number of carbonyl (C=O) groups is 1. The van der Waals surface area contributed by atoms with Crippen LogP contribution in [0.5, 0.6) is 5.75 Å². The van der Waals surface area contributed by atoms with Crippen LogP contribution < -0.4 is 4.74 Å². The Kier molecular flexibility index (Phi) is 5.03. The van der Waals surface area contributed by atoms with Gasteiger partial charge in [-0.3, -0.25) is 0 Å². The van der Waals surface area contributed by atoms with Crippen LogP contribution >= 0.6 is 0 Å². The number of benzene rings is 1. The van der Waals surface area contributed by atoms with Gasteiger partial charge in [0.1, 0.15) is 24.3 Å². The summed E-state index contributed by atoms with van der Waals surface area (Å²) in [7, 11) is 0. The first kappa shape index (κ1) is 17.0. The summed E-state index contributed by atoms with van der Waals surface area (Å²) in [6.07, 6.45) is 2.63. The lowest BCUT2D eigenvalue weighted by Crippen LogP contribution is -2.23. The maximum Gasteiger partial charge on any atom is 0.359 e. The Bertz CT molecular complexity index is 820. The molecule has 0 bridgehead atoms. The van der Waals surface area contributed by atoms with E-state index in [1.54, 1.807) is 31.2 Å². The van der Waals surface area contributed by atoms with Gasteiger partial charge in [-0.25, -0.2) is 9.78 Å². The molecule has 0 saturated carbocycles. The first-order valence-corrected chi connectivity index (χ1v) is 8.48. The van der Waals surface area contributed by atoms with Crippen LogP contribution in [0.2, 0.25) is 0 Å². The average molecular weight is 339 g/mol. The van der Waals surface area contributed by atoms with Crippen LogP contribution in [0.4, 0.5) is 0 Å². The standard InChI is InChI=1S/C19H21N3O3/c1-13(12-24-16-7-5-6-15(10-16)11-20)25-19(23)18-17-8-3-4-9-22(17)14(2)21-18/h5-7,10,13H,3-4,8-9,12H2,1-2H3. The average Bonchev–Trinajstić information content (AvgIpc) is 2.97. The molecule has 130 valence electrons. The van der Waals surface area contributed by atoms with Gasteiger partial charge in [0, 0.05) is 6.54 Å². The maximum absolute atomic E-state index is 12.5. The van der Waals surface area contributed by atoms with Gasteiger partial charge < -0.3 is 14.0 Å². The summed E-state index contributed by atoms with van der Waals surface area (Å²) in [5.41, 5.74) is 1.93. The summed E-state index contributed by atoms with van der Waals surface area (Å²) in [4.78, 5) is 16.9. The van der Waals surface area contributed by atoms with Crippen LogP contribution in [-0.2, 0) is 17.7 Å². The molecule has 1 aromatic carbocycles. The Morgan fingerprint density at radius 1 is 1.44 bits per heavy atom. The lowest BCUT2D eigenvalue weighted by molar-refractivity contribution is 0.0221. The first-order valence-electron chi connectivity index (χ1n) is 8.48. The molecule has 1 unspecified atom stereocenters. The number of fused-ring (bicyclic) bond motifs is 1. The van der Waals surface area contributed by atoms with Gasteiger partial charge in [0.25, 0.3) is 0 Å². The molecule has 0 radical (unpaired) electrons. The number of nitriles is 1. The van der Waals surface area contributed by atoms with E-state index in [1.807, 2.05) is 6.92 Å². The van der Waals surface area contributed by atoms with Crippen molar-refractivity contribution in [2.75, 3.05) is 6.61 Å². The highest BCUT2D eigenvalue weighted by atomic mass is 16.6. The van der Waals surface area contributed by atoms with Crippen molar-refractivity contribution in [3.8, 4) is 11.8 Å². The van der Waals surface area contributed by atoms with Gasteiger partial charge in [-0.1, -0.05) is 6.07 Å². The summed E-state index contributed by atoms with van der Waals surface area (Å²) < 4.78 is 13.2. The van der Waals surface area contributed by atoms with Gasteiger partial charge in [-0.15, -0.1) is 0 Å². The Hall–Kier alpha value is -2.81. The molecule has 6 nitrogen and oxygen atoms in total. The smallest absolute Gasteiger partial charge is 0.359 e. The van der Waals surface area contributed by atoms with Crippen LogP contribution in [0.15, 0.2) is 24.3 Å². The quantitative estimate of drug-likeness (QED) is 0.783. The fraction of sp³-hybridized carbons (Fsp3) is 0.421. The van der Waals surface area contributed by atoms with Crippen LogP contribution in [0.25, 0.3) is 0 Å². The third-order valence-corrected chi connectivity index (χ3v) is 4.26. The third kappa shape index (κ3) is 3.82. The zero-order chi connectivity index (χ0) is 17.8. The molecule has 0 fully saturated rings. The van der Waals surface area contributed by atoms with E-state index in [9.17, 15) is 4.79 Å². The van der Waals surface area contributed by atoms with Gasteiger partial charge in [0.2, 0.25) is 0 Å². The van der Waals surface area contributed by atoms with Gasteiger partial charge in [0.05, 0.1) is 17.3 Å². The van der Waals surface area contributed by atoms with Gasteiger partial charge in [-0.05, 0) is 51.3 Å². The number of ether oxygens (including phenoxy) is 2. The van der Waals surface area contributed by atoms with E-state index in [-0.39, 0.29) is 6.61 Å². The van der Waals surface area contributed by atoms with Crippen molar-refractivity contribution >= 4 is 5.97 Å². The van der Waals surface area contributed by atoms with Crippen molar-refractivity contribution in [3.63, 3.8) is 0 Å². The minimum Gasteiger partial charge on any atom is -0.490 e. The second kappa shape index (κ2) is 7.39. The molecular weight excluding hydrogens is 318 g/mol. The highest BCUT2D eigenvalue weighted by Gasteiger charge is 2.25. The van der Waals surface area contributed by atoms with Crippen LogP contribution in [0.1, 0.15) is 47.3 Å². The fourth-order valence-corrected chi connectivity index (χ4v) is 3.03. The molecule has 1 aliphatic rings. The Morgan fingerprint density at radius 2 is 2.28 bits per heavy atom. The molecule has 25 heavy (non-hydrogen) atoms. The van der Waals surface area contributed by atoms with E-state index in [2.05, 4.69) is 15.6 Å². The largest absolute Gasteiger partial charge is 0.490 e. The number of imidazole rings is 1. The zero-order valence-corrected chi connectivity index (χ0v) is 14.5. The Morgan fingerprint density at radius 3 is 3.08 bits per heavy atom. The van der Waals surface area contributed by atoms with Crippen LogP contribution in [-0.4, -0.2) is 28.2 Å². The number of carbonyl (C=O) groups excluding carboxylic acids is 1.